The monoisotopic (exact) mass is 323 g/mol. The van der Waals surface area contributed by atoms with Crippen LogP contribution in [0.25, 0.3) is 0 Å². The van der Waals surface area contributed by atoms with Crippen LogP contribution in [0, 0.1) is 5.82 Å². The van der Waals surface area contributed by atoms with Crippen molar-refractivity contribution in [3.63, 3.8) is 0 Å². The number of benzene rings is 1. The topological polar surface area (TPSA) is 64.1 Å². The van der Waals surface area contributed by atoms with Crippen LogP contribution in [0.1, 0.15) is 15.9 Å². The quantitative estimate of drug-likeness (QED) is 0.781. The first-order valence-corrected chi connectivity index (χ1v) is 7.26. The summed E-state index contributed by atoms with van der Waals surface area (Å²) in [5.41, 5.74) is 1.28. The molecular weight excluding hydrogens is 309 g/mol. The lowest BCUT2D eigenvalue weighted by Gasteiger charge is -2.11. The molecular formula is C18H14FN3O2. The van der Waals surface area contributed by atoms with Gasteiger partial charge in [-0.25, -0.2) is 9.37 Å². The van der Waals surface area contributed by atoms with Crippen LogP contribution in [0.4, 0.5) is 10.2 Å². The van der Waals surface area contributed by atoms with Gasteiger partial charge in [0, 0.05) is 24.2 Å². The molecule has 24 heavy (non-hydrogen) atoms. The van der Waals surface area contributed by atoms with Gasteiger partial charge in [0.15, 0.2) is 11.6 Å². The predicted molar refractivity (Wildman–Crippen MR) is 87.2 cm³/mol. The Kier molecular flexibility index (Phi) is 4.76. The lowest BCUT2D eigenvalue weighted by atomic mass is 10.2. The van der Waals surface area contributed by atoms with Crippen LogP contribution in [-0.2, 0) is 6.61 Å². The Morgan fingerprint density at radius 3 is 2.54 bits per heavy atom. The number of nitrogens with one attached hydrogen (secondary N) is 1. The van der Waals surface area contributed by atoms with Gasteiger partial charge < -0.3 is 10.1 Å². The van der Waals surface area contributed by atoms with E-state index in [1.807, 2.05) is 12.1 Å². The van der Waals surface area contributed by atoms with Crippen molar-refractivity contribution in [2.75, 3.05) is 5.32 Å². The second kappa shape index (κ2) is 7.32. The minimum atomic E-state index is -0.397. The fraction of sp³-hybridized carbons (Fsp3) is 0.0556. The van der Waals surface area contributed by atoms with E-state index in [4.69, 9.17) is 4.74 Å². The number of halogens is 1. The number of ether oxygens (including phenoxy) is 1. The van der Waals surface area contributed by atoms with Crippen molar-refractivity contribution >= 4 is 11.7 Å². The summed E-state index contributed by atoms with van der Waals surface area (Å²) in [6.07, 6.45) is 4.91. The lowest BCUT2D eigenvalue weighted by molar-refractivity contribution is 0.102. The van der Waals surface area contributed by atoms with Crippen LogP contribution in [-0.4, -0.2) is 15.9 Å². The summed E-state index contributed by atoms with van der Waals surface area (Å²) in [6, 6.07) is 12.4. The van der Waals surface area contributed by atoms with Gasteiger partial charge in [0.25, 0.3) is 5.91 Å². The molecule has 1 aromatic carbocycles. The molecule has 2 aromatic heterocycles. The van der Waals surface area contributed by atoms with E-state index in [-0.39, 0.29) is 5.91 Å². The van der Waals surface area contributed by atoms with Gasteiger partial charge in [0.2, 0.25) is 0 Å². The minimum Gasteiger partial charge on any atom is -0.485 e. The second-order valence-corrected chi connectivity index (χ2v) is 4.96. The Labute approximate surface area is 138 Å². The van der Waals surface area contributed by atoms with Gasteiger partial charge in [-0.2, -0.15) is 0 Å². The normalized spacial score (nSPS) is 10.2. The van der Waals surface area contributed by atoms with E-state index in [0.29, 0.717) is 23.7 Å². The molecule has 3 aromatic rings. The van der Waals surface area contributed by atoms with E-state index < -0.39 is 5.82 Å². The zero-order chi connectivity index (χ0) is 16.8. The van der Waals surface area contributed by atoms with Crippen molar-refractivity contribution in [3.05, 3.63) is 84.1 Å². The van der Waals surface area contributed by atoms with Gasteiger partial charge in [0.1, 0.15) is 12.4 Å². The summed E-state index contributed by atoms with van der Waals surface area (Å²) in [5.74, 6) is -0.0288. The van der Waals surface area contributed by atoms with Gasteiger partial charge in [0.05, 0.1) is 0 Å². The first-order chi connectivity index (χ1) is 11.7. The smallest absolute Gasteiger partial charge is 0.256 e. The molecule has 0 unspecified atom stereocenters. The number of rotatable bonds is 5. The van der Waals surface area contributed by atoms with Crippen molar-refractivity contribution in [3.8, 4) is 5.75 Å². The summed E-state index contributed by atoms with van der Waals surface area (Å²) in [7, 11) is 0. The van der Waals surface area contributed by atoms with Crippen LogP contribution >= 0.6 is 0 Å². The average molecular weight is 323 g/mol. The fourth-order valence-corrected chi connectivity index (χ4v) is 2.02. The molecule has 0 fully saturated rings. The molecule has 0 radical (unpaired) electrons. The van der Waals surface area contributed by atoms with Gasteiger partial charge >= 0.3 is 0 Å². The second-order valence-electron chi connectivity index (χ2n) is 4.96. The maximum atomic E-state index is 12.9. The van der Waals surface area contributed by atoms with Gasteiger partial charge in [-0.1, -0.05) is 0 Å². The van der Waals surface area contributed by atoms with Crippen molar-refractivity contribution in [2.45, 2.75) is 6.61 Å². The predicted octanol–water partition coefficient (Wildman–Crippen LogP) is 3.45. The van der Waals surface area contributed by atoms with Crippen molar-refractivity contribution in [2.24, 2.45) is 0 Å². The van der Waals surface area contributed by atoms with E-state index in [0.717, 1.165) is 5.56 Å². The van der Waals surface area contributed by atoms with E-state index >= 15 is 0 Å². The van der Waals surface area contributed by atoms with Crippen LogP contribution in [0.3, 0.4) is 0 Å². The summed E-state index contributed by atoms with van der Waals surface area (Å²) in [5, 5.41) is 2.67. The van der Waals surface area contributed by atoms with E-state index in [1.54, 1.807) is 30.7 Å². The highest BCUT2D eigenvalue weighted by atomic mass is 19.1. The number of aromatic nitrogens is 2. The van der Waals surface area contributed by atoms with Crippen LogP contribution < -0.4 is 10.1 Å². The van der Waals surface area contributed by atoms with Crippen molar-refractivity contribution < 1.29 is 13.9 Å². The summed E-state index contributed by atoms with van der Waals surface area (Å²) < 4.78 is 18.6. The number of nitrogens with zero attached hydrogens (tertiary/aromatic N) is 2. The van der Waals surface area contributed by atoms with E-state index in [2.05, 4.69) is 15.3 Å². The largest absolute Gasteiger partial charge is 0.485 e. The Morgan fingerprint density at radius 1 is 1.04 bits per heavy atom. The molecule has 0 atom stereocenters. The molecule has 0 bridgehead atoms. The molecule has 0 saturated carbocycles. The number of hydrogen-bond acceptors (Lipinski definition) is 4. The molecule has 0 aliphatic rings. The van der Waals surface area contributed by atoms with Gasteiger partial charge in [-0.05, 0) is 54.1 Å². The van der Waals surface area contributed by atoms with Gasteiger partial charge in [-0.3, -0.25) is 9.78 Å². The number of pyridine rings is 2. The highest BCUT2D eigenvalue weighted by Gasteiger charge is 2.11. The van der Waals surface area contributed by atoms with Crippen molar-refractivity contribution in [1.82, 2.24) is 9.97 Å². The highest BCUT2D eigenvalue weighted by Crippen LogP contribution is 2.22. The Hall–Kier alpha value is -3.28. The Balaban J connectivity index is 1.71. The SMILES string of the molecule is O=C(Nc1ncccc1OCc1ccncc1)c1ccc(F)cc1. The number of hydrogen-bond donors (Lipinski definition) is 1. The summed E-state index contributed by atoms with van der Waals surface area (Å²) in [4.78, 5) is 20.3. The number of amides is 1. The standard InChI is InChI=1S/C18H14FN3O2/c19-15-5-3-14(4-6-15)18(23)22-17-16(2-1-9-21-17)24-12-13-7-10-20-11-8-13/h1-11H,12H2,(H,21,22,23). The summed E-state index contributed by atoms with van der Waals surface area (Å²) in [6.45, 7) is 0.327. The molecule has 0 aliphatic heterocycles. The molecule has 1 N–H and O–H groups in total. The molecule has 5 nitrogen and oxygen atoms in total. The third kappa shape index (κ3) is 3.92. The lowest BCUT2D eigenvalue weighted by Crippen LogP contribution is -2.14. The zero-order valence-electron chi connectivity index (χ0n) is 12.6. The number of anilines is 1. The molecule has 0 saturated heterocycles. The third-order valence-electron chi connectivity index (χ3n) is 3.25. The zero-order valence-corrected chi connectivity index (χ0v) is 12.6. The van der Waals surface area contributed by atoms with Crippen LogP contribution in [0.5, 0.6) is 5.75 Å². The molecule has 120 valence electrons. The third-order valence-corrected chi connectivity index (χ3v) is 3.25. The number of carbonyl (C=O) groups is 1. The van der Waals surface area contributed by atoms with E-state index in [9.17, 15) is 9.18 Å². The van der Waals surface area contributed by atoms with Gasteiger partial charge in [-0.15, -0.1) is 0 Å². The Morgan fingerprint density at radius 2 is 1.79 bits per heavy atom. The first kappa shape index (κ1) is 15.6. The average Bonchev–Trinajstić information content (AvgIpc) is 2.62. The van der Waals surface area contributed by atoms with Crippen molar-refractivity contribution in [1.29, 1.82) is 0 Å². The molecule has 6 heteroatoms. The molecule has 0 spiro atoms. The fourth-order valence-electron chi connectivity index (χ4n) is 2.02. The minimum absolute atomic E-state index is 0.306. The molecule has 1 amide bonds. The number of carbonyl (C=O) groups excluding carboxylic acids is 1. The van der Waals surface area contributed by atoms with Crippen LogP contribution in [0.2, 0.25) is 0 Å². The van der Waals surface area contributed by atoms with Crippen LogP contribution in [0.15, 0.2) is 67.1 Å². The highest BCUT2D eigenvalue weighted by molar-refractivity contribution is 6.04. The molecule has 3 rings (SSSR count). The maximum Gasteiger partial charge on any atom is 0.256 e. The summed E-state index contributed by atoms with van der Waals surface area (Å²) >= 11 is 0. The Bertz CT molecular complexity index is 823. The maximum absolute atomic E-state index is 12.9. The first-order valence-electron chi connectivity index (χ1n) is 7.26. The van der Waals surface area contributed by atoms with E-state index in [1.165, 1.54) is 24.3 Å². The molecule has 0 aliphatic carbocycles. The molecule has 2 heterocycles.